The van der Waals surface area contributed by atoms with Crippen LogP contribution >= 0.6 is 0 Å². The molecule has 2 nitrogen and oxygen atoms in total. The van der Waals surface area contributed by atoms with Crippen molar-refractivity contribution >= 4 is 0 Å². The molecule has 0 aromatic carbocycles. The van der Waals surface area contributed by atoms with Crippen molar-refractivity contribution in [2.45, 2.75) is 78.2 Å². The number of ether oxygens (including phenoxy) is 1. The van der Waals surface area contributed by atoms with Crippen LogP contribution in [0.15, 0.2) is 35.5 Å². The molecule has 0 unspecified atom stereocenters. The summed E-state index contributed by atoms with van der Waals surface area (Å²) < 4.78 is 5.14. The van der Waals surface area contributed by atoms with E-state index in [4.69, 9.17) is 4.74 Å². The summed E-state index contributed by atoms with van der Waals surface area (Å²) in [5, 5.41) is 10.2. The number of rotatable bonds is 4. The molecule has 0 radical (unpaired) electrons. The van der Waals surface area contributed by atoms with Crippen LogP contribution in [0.2, 0.25) is 0 Å². The Hall–Kier alpha value is -0.860. The van der Waals surface area contributed by atoms with Gasteiger partial charge in [0.05, 0.1) is 12.7 Å². The Kier molecular flexibility index (Phi) is 5.66. The number of hydrogen-bond acceptors (Lipinski definition) is 2. The molecule has 0 bridgehead atoms. The largest absolute Gasteiger partial charge is 0.393 e. The van der Waals surface area contributed by atoms with E-state index in [1.54, 1.807) is 18.3 Å². The average Bonchev–Trinajstić information content (AvgIpc) is 3.03. The zero-order valence-electron chi connectivity index (χ0n) is 18.4. The van der Waals surface area contributed by atoms with Crippen LogP contribution in [-0.4, -0.2) is 24.9 Å². The van der Waals surface area contributed by atoms with Gasteiger partial charge >= 0.3 is 0 Å². The van der Waals surface area contributed by atoms with Gasteiger partial charge in [0.2, 0.25) is 0 Å². The topological polar surface area (TPSA) is 29.5 Å². The molecule has 0 amide bonds. The molecule has 156 valence electrons. The van der Waals surface area contributed by atoms with Crippen LogP contribution in [0, 0.1) is 34.5 Å². The van der Waals surface area contributed by atoms with Crippen LogP contribution in [0.5, 0.6) is 0 Å². The van der Waals surface area contributed by atoms with Crippen molar-refractivity contribution in [2.24, 2.45) is 34.5 Å². The lowest BCUT2D eigenvalue weighted by Crippen LogP contribution is -2.50. The number of hydrogen-bond donors (Lipinski definition) is 1. The molecule has 4 aliphatic carbocycles. The first-order valence-electron chi connectivity index (χ1n) is 11.6. The quantitative estimate of drug-likeness (QED) is 0.470. The van der Waals surface area contributed by atoms with Crippen molar-refractivity contribution in [1.82, 2.24) is 0 Å². The van der Waals surface area contributed by atoms with Gasteiger partial charge in [0.1, 0.15) is 0 Å². The van der Waals surface area contributed by atoms with Gasteiger partial charge in [0, 0.05) is 7.11 Å². The van der Waals surface area contributed by atoms with Gasteiger partial charge in [-0.3, -0.25) is 0 Å². The highest BCUT2D eigenvalue weighted by molar-refractivity contribution is 5.27. The van der Waals surface area contributed by atoms with Gasteiger partial charge < -0.3 is 9.84 Å². The summed E-state index contributed by atoms with van der Waals surface area (Å²) in [7, 11) is 1.75. The summed E-state index contributed by atoms with van der Waals surface area (Å²) in [6, 6.07) is 0. The highest BCUT2D eigenvalue weighted by Gasteiger charge is 2.58. The fourth-order valence-corrected chi connectivity index (χ4v) is 7.88. The normalized spacial score (nSPS) is 46.1. The Labute approximate surface area is 172 Å². The van der Waals surface area contributed by atoms with Gasteiger partial charge in [0.15, 0.2) is 0 Å². The Morgan fingerprint density at radius 2 is 2.00 bits per heavy atom. The molecule has 0 spiro atoms. The fourth-order valence-electron chi connectivity index (χ4n) is 7.88. The second kappa shape index (κ2) is 7.76. The fraction of sp³-hybridized carbons (Fsp3) is 0.769. The molecule has 1 N–H and O–H groups in total. The van der Waals surface area contributed by atoms with Crippen LogP contribution in [0.4, 0.5) is 0 Å². The Balaban J connectivity index is 1.55. The molecule has 0 heterocycles. The molecule has 0 aromatic heterocycles. The number of allylic oxidation sites excluding steroid dienone is 4. The molecule has 28 heavy (non-hydrogen) atoms. The van der Waals surface area contributed by atoms with Crippen LogP contribution < -0.4 is 0 Å². The highest BCUT2D eigenvalue weighted by atomic mass is 16.5. The summed E-state index contributed by atoms with van der Waals surface area (Å²) in [5.41, 5.74) is 3.97. The minimum absolute atomic E-state index is 0.0976. The molecule has 2 heteroatoms. The Bertz CT molecular complexity index is 674. The molecule has 4 rings (SSSR count). The SMILES string of the molecule is COC/C=C/C=C(\C)[C@H]1CC[C@H]2[C@@H]3CC=C4C[C@@H](O)CC[C@]4(C)[C@H]3CC[C@]12C. The third-order valence-corrected chi connectivity index (χ3v) is 9.39. The maximum Gasteiger partial charge on any atom is 0.0646 e. The molecule has 0 aliphatic heterocycles. The maximum absolute atomic E-state index is 10.2. The smallest absolute Gasteiger partial charge is 0.0646 e. The minimum Gasteiger partial charge on any atom is -0.393 e. The van der Waals surface area contributed by atoms with E-state index in [0.717, 1.165) is 36.5 Å². The van der Waals surface area contributed by atoms with Crippen molar-refractivity contribution in [3.63, 3.8) is 0 Å². The van der Waals surface area contributed by atoms with Crippen LogP contribution in [0.25, 0.3) is 0 Å². The molecule has 3 saturated carbocycles. The Morgan fingerprint density at radius 1 is 1.18 bits per heavy atom. The second-order valence-electron chi connectivity index (χ2n) is 10.6. The molecule has 0 aromatic rings. The number of aliphatic hydroxyl groups excluding tert-OH is 1. The van der Waals surface area contributed by atoms with Crippen LogP contribution in [0.3, 0.4) is 0 Å². The summed E-state index contributed by atoms with van der Waals surface area (Å²) >= 11 is 0. The van der Waals surface area contributed by atoms with Crippen molar-refractivity contribution in [1.29, 1.82) is 0 Å². The predicted octanol–water partition coefficient (Wildman–Crippen LogP) is 6.08. The number of fused-ring (bicyclic) bond motifs is 5. The first kappa shape index (κ1) is 20.4. The summed E-state index contributed by atoms with van der Waals surface area (Å²) in [6.45, 7) is 8.18. The first-order chi connectivity index (χ1) is 13.4. The van der Waals surface area contributed by atoms with Gasteiger partial charge in [-0.05, 0) is 92.8 Å². The van der Waals surface area contributed by atoms with Crippen LogP contribution in [0.1, 0.15) is 72.1 Å². The van der Waals surface area contributed by atoms with E-state index in [1.165, 1.54) is 38.5 Å². The first-order valence-corrected chi connectivity index (χ1v) is 11.6. The van der Waals surface area contributed by atoms with E-state index >= 15 is 0 Å². The second-order valence-corrected chi connectivity index (χ2v) is 10.6. The lowest BCUT2D eigenvalue weighted by atomic mass is 9.47. The zero-order chi connectivity index (χ0) is 19.9. The average molecular weight is 385 g/mol. The Morgan fingerprint density at radius 3 is 2.79 bits per heavy atom. The summed E-state index contributed by atoms with van der Waals surface area (Å²) in [4.78, 5) is 0. The van der Waals surface area contributed by atoms with Crippen molar-refractivity contribution < 1.29 is 9.84 Å². The van der Waals surface area contributed by atoms with Crippen LogP contribution in [-0.2, 0) is 4.74 Å². The van der Waals surface area contributed by atoms with Gasteiger partial charge in [-0.25, -0.2) is 0 Å². The number of aliphatic hydroxyl groups is 1. The molecule has 4 aliphatic rings. The van der Waals surface area contributed by atoms with E-state index in [1.807, 2.05) is 0 Å². The van der Waals surface area contributed by atoms with E-state index < -0.39 is 0 Å². The highest BCUT2D eigenvalue weighted by Crippen LogP contribution is 2.67. The summed E-state index contributed by atoms with van der Waals surface area (Å²) in [5.74, 6) is 3.29. The molecular weight excluding hydrogens is 344 g/mol. The standard InChI is InChI=1S/C26H40O2/c1-18(7-5-6-16-28-4)22-10-11-23-21-9-8-19-17-20(27)12-14-25(19,2)24(21)13-15-26(22,23)3/h5-8,20-24,27H,9-17H2,1-4H3/b6-5+,18-7+/t20-,21-,22+,23-,24-,25-,26+/m0/s1. The van der Waals surface area contributed by atoms with Gasteiger partial charge in [-0.2, -0.15) is 0 Å². The van der Waals surface area contributed by atoms with E-state index in [-0.39, 0.29) is 6.10 Å². The van der Waals surface area contributed by atoms with Gasteiger partial charge in [-0.15, -0.1) is 0 Å². The number of methoxy groups -OCH3 is 1. The molecule has 7 atom stereocenters. The zero-order valence-corrected chi connectivity index (χ0v) is 18.4. The van der Waals surface area contributed by atoms with Crippen molar-refractivity contribution in [2.75, 3.05) is 13.7 Å². The third kappa shape index (κ3) is 3.25. The van der Waals surface area contributed by atoms with Crippen molar-refractivity contribution in [3.05, 3.63) is 35.5 Å². The molecule has 3 fully saturated rings. The minimum atomic E-state index is -0.0976. The maximum atomic E-state index is 10.2. The lowest BCUT2D eigenvalue weighted by Gasteiger charge is -2.58. The monoisotopic (exact) mass is 384 g/mol. The molecular formula is C26H40O2. The van der Waals surface area contributed by atoms with Gasteiger partial charge in [0.25, 0.3) is 0 Å². The molecule has 0 saturated heterocycles. The third-order valence-electron chi connectivity index (χ3n) is 9.39. The van der Waals surface area contributed by atoms with Gasteiger partial charge in [-0.1, -0.05) is 49.3 Å². The van der Waals surface area contributed by atoms with Crippen molar-refractivity contribution in [3.8, 4) is 0 Å². The predicted molar refractivity (Wildman–Crippen MR) is 116 cm³/mol. The lowest BCUT2D eigenvalue weighted by molar-refractivity contribution is -0.0454. The van der Waals surface area contributed by atoms with E-state index in [0.29, 0.717) is 17.4 Å². The summed E-state index contributed by atoms with van der Waals surface area (Å²) in [6.07, 6.45) is 19.0. The van der Waals surface area contributed by atoms with E-state index in [9.17, 15) is 5.11 Å². The van der Waals surface area contributed by atoms with E-state index in [2.05, 4.69) is 45.1 Å².